The molecule has 0 rings (SSSR count). The average molecular weight is 312 g/mol. The molecule has 9 heteroatoms. The molecule has 0 bridgehead atoms. The van der Waals surface area contributed by atoms with E-state index in [1.54, 1.807) is 19.2 Å². The van der Waals surface area contributed by atoms with Crippen molar-refractivity contribution in [2.24, 2.45) is 5.41 Å². The maximum atomic E-state index is 11.9. The minimum Gasteiger partial charge on any atom is -0.481 e. The predicted molar refractivity (Wildman–Crippen MR) is 67.4 cm³/mol. The van der Waals surface area contributed by atoms with Crippen molar-refractivity contribution >= 4 is 17.8 Å². The van der Waals surface area contributed by atoms with Gasteiger partial charge in [-0.15, -0.1) is 0 Å². The number of likely N-dealkylation sites (N-methyl/N-ethyl adjacent to an activating group) is 1. The van der Waals surface area contributed by atoms with Gasteiger partial charge in [0, 0.05) is 13.5 Å². The number of hydrogen-bond acceptors (Lipinski definition) is 3. The second kappa shape index (κ2) is 7.28. The molecule has 0 aromatic rings. The van der Waals surface area contributed by atoms with Crippen LogP contribution in [0.25, 0.3) is 0 Å². The first kappa shape index (κ1) is 19.2. The van der Waals surface area contributed by atoms with Crippen LogP contribution in [-0.4, -0.2) is 54.1 Å². The van der Waals surface area contributed by atoms with Gasteiger partial charge in [0.1, 0.15) is 6.54 Å². The lowest BCUT2D eigenvalue weighted by Gasteiger charge is -2.25. The van der Waals surface area contributed by atoms with Gasteiger partial charge in [-0.25, -0.2) is 0 Å². The zero-order valence-electron chi connectivity index (χ0n) is 12.1. The van der Waals surface area contributed by atoms with Crippen LogP contribution in [0.15, 0.2) is 0 Å². The molecule has 0 heterocycles. The number of alkyl halides is 3. The van der Waals surface area contributed by atoms with Crippen LogP contribution >= 0.6 is 0 Å². The zero-order valence-corrected chi connectivity index (χ0v) is 12.1. The molecular weight excluding hydrogens is 293 g/mol. The van der Waals surface area contributed by atoms with Crippen LogP contribution in [0, 0.1) is 5.41 Å². The number of carbonyl (C=O) groups is 3. The molecule has 0 radical (unpaired) electrons. The molecule has 6 nitrogen and oxygen atoms in total. The predicted octanol–water partition coefficient (Wildman–Crippen LogP) is 1.01. The maximum Gasteiger partial charge on any atom is 0.405 e. The molecule has 2 amide bonds. The summed E-state index contributed by atoms with van der Waals surface area (Å²) >= 11 is 0. The topological polar surface area (TPSA) is 86.7 Å². The number of nitrogens with one attached hydrogen (secondary N) is 1. The zero-order chi connectivity index (χ0) is 16.8. The van der Waals surface area contributed by atoms with Crippen molar-refractivity contribution in [2.75, 3.05) is 20.1 Å². The van der Waals surface area contributed by atoms with E-state index in [2.05, 4.69) is 0 Å². The normalized spacial score (nSPS) is 11.9. The largest absolute Gasteiger partial charge is 0.481 e. The molecule has 0 fully saturated rings. The fraction of sp³-hybridized carbons (Fsp3) is 0.750. The first-order chi connectivity index (χ1) is 9.32. The number of hydrogen-bond donors (Lipinski definition) is 2. The molecule has 0 aromatic heterocycles. The van der Waals surface area contributed by atoms with Gasteiger partial charge < -0.3 is 15.3 Å². The third-order valence-corrected chi connectivity index (χ3v) is 2.55. The Bertz CT molecular complexity index is 408. The number of halogens is 3. The van der Waals surface area contributed by atoms with Crippen molar-refractivity contribution in [2.45, 2.75) is 32.9 Å². The molecule has 0 aromatic carbocycles. The van der Waals surface area contributed by atoms with E-state index >= 15 is 0 Å². The summed E-state index contributed by atoms with van der Waals surface area (Å²) in [6.07, 6.45) is -4.86. The number of carboxylic acid groups (broad SMARTS) is 1. The Morgan fingerprint density at radius 2 is 1.67 bits per heavy atom. The van der Waals surface area contributed by atoms with Crippen LogP contribution in [0.5, 0.6) is 0 Å². The summed E-state index contributed by atoms with van der Waals surface area (Å²) in [7, 11) is 1.27. The van der Waals surface area contributed by atoms with Crippen LogP contribution in [0.4, 0.5) is 13.2 Å². The third kappa shape index (κ3) is 9.69. The van der Waals surface area contributed by atoms with Gasteiger partial charge in [-0.2, -0.15) is 13.2 Å². The lowest BCUT2D eigenvalue weighted by molar-refractivity contribution is -0.143. The van der Waals surface area contributed by atoms with Gasteiger partial charge in [-0.1, -0.05) is 13.8 Å². The van der Waals surface area contributed by atoms with E-state index < -0.39 is 42.5 Å². The van der Waals surface area contributed by atoms with Gasteiger partial charge in [0.15, 0.2) is 0 Å². The Hall–Kier alpha value is -1.80. The van der Waals surface area contributed by atoms with Crippen molar-refractivity contribution < 1.29 is 32.7 Å². The maximum absolute atomic E-state index is 11.9. The highest BCUT2D eigenvalue weighted by atomic mass is 19.4. The monoisotopic (exact) mass is 312 g/mol. The summed E-state index contributed by atoms with van der Waals surface area (Å²) in [6, 6.07) is 0. The minimum absolute atomic E-state index is 0.123. The molecule has 21 heavy (non-hydrogen) atoms. The average Bonchev–Trinajstić information content (AvgIpc) is 2.22. The van der Waals surface area contributed by atoms with E-state index in [0.29, 0.717) is 0 Å². The summed E-state index contributed by atoms with van der Waals surface area (Å²) in [6.45, 7) is 1.18. The van der Waals surface area contributed by atoms with E-state index in [-0.39, 0.29) is 12.8 Å². The fourth-order valence-corrected chi connectivity index (χ4v) is 1.57. The number of nitrogens with zero attached hydrogens (tertiary/aromatic N) is 1. The van der Waals surface area contributed by atoms with Gasteiger partial charge in [-0.05, 0) is 5.41 Å². The van der Waals surface area contributed by atoms with E-state index in [1.807, 2.05) is 0 Å². The van der Waals surface area contributed by atoms with E-state index in [9.17, 15) is 27.6 Å². The summed E-state index contributed by atoms with van der Waals surface area (Å²) in [5.74, 6) is -2.50. The number of carbonyl (C=O) groups excluding carboxylic acids is 2. The third-order valence-electron chi connectivity index (χ3n) is 2.55. The first-order valence-electron chi connectivity index (χ1n) is 6.11. The molecule has 122 valence electrons. The fourth-order valence-electron chi connectivity index (χ4n) is 1.57. The highest BCUT2D eigenvalue weighted by Gasteiger charge is 2.29. The van der Waals surface area contributed by atoms with Crippen molar-refractivity contribution in [3.8, 4) is 0 Å². The van der Waals surface area contributed by atoms with Crippen LogP contribution in [0.3, 0.4) is 0 Å². The van der Waals surface area contributed by atoms with Gasteiger partial charge >= 0.3 is 12.1 Å². The molecule has 0 aliphatic carbocycles. The second-order valence-electron chi connectivity index (χ2n) is 5.55. The second-order valence-corrected chi connectivity index (χ2v) is 5.55. The van der Waals surface area contributed by atoms with Gasteiger partial charge in [-0.3, -0.25) is 14.4 Å². The van der Waals surface area contributed by atoms with Crippen LogP contribution < -0.4 is 5.32 Å². The van der Waals surface area contributed by atoms with Crippen LogP contribution in [0.1, 0.15) is 26.7 Å². The lowest BCUT2D eigenvalue weighted by atomic mass is 9.85. The van der Waals surface area contributed by atoms with Gasteiger partial charge in [0.05, 0.1) is 13.0 Å². The van der Waals surface area contributed by atoms with Crippen LogP contribution in [0.2, 0.25) is 0 Å². The van der Waals surface area contributed by atoms with E-state index in [1.165, 1.54) is 7.05 Å². The number of carboxylic acids is 1. The Morgan fingerprint density at radius 1 is 1.14 bits per heavy atom. The smallest absolute Gasteiger partial charge is 0.405 e. The Labute approximate surface area is 120 Å². The summed E-state index contributed by atoms with van der Waals surface area (Å²) in [4.78, 5) is 34.7. The molecule has 2 N–H and O–H groups in total. The standard InChI is InChI=1S/C12H19F3N2O4/c1-11(2,5-10(20)21)4-9(19)17(3)6-8(18)16-7-12(13,14)15/h4-7H2,1-3H3,(H,16,18)(H,20,21). The molecule has 0 aliphatic rings. The minimum atomic E-state index is -4.51. The van der Waals surface area contributed by atoms with Crippen molar-refractivity contribution in [3.05, 3.63) is 0 Å². The van der Waals surface area contributed by atoms with Crippen molar-refractivity contribution in [3.63, 3.8) is 0 Å². The SMILES string of the molecule is CN(CC(=O)NCC(F)(F)F)C(=O)CC(C)(C)CC(=O)O. The van der Waals surface area contributed by atoms with Crippen LogP contribution in [-0.2, 0) is 14.4 Å². The Morgan fingerprint density at radius 3 is 2.10 bits per heavy atom. The lowest BCUT2D eigenvalue weighted by Crippen LogP contribution is -2.42. The Balaban J connectivity index is 4.33. The van der Waals surface area contributed by atoms with E-state index in [0.717, 1.165) is 4.90 Å². The van der Waals surface area contributed by atoms with E-state index in [4.69, 9.17) is 5.11 Å². The highest BCUT2D eigenvalue weighted by Crippen LogP contribution is 2.25. The molecule has 0 spiro atoms. The number of aliphatic carboxylic acids is 1. The molecule has 0 saturated carbocycles. The summed E-state index contributed by atoms with van der Waals surface area (Å²) < 4.78 is 35.7. The molecular formula is C12H19F3N2O4. The number of rotatable bonds is 7. The highest BCUT2D eigenvalue weighted by molar-refractivity contribution is 5.85. The quantitative estimate of drug-likeness (QED) is 0.734. The van der Waals surface area contributed by atoms with Gasteiger partial charge in [0.25, 0.3) is 0 Å². The summed E-state index contributed by atoms with van der Waals surface area (Å²) in [5, 5.41) is 10.3. The first-order valence-corrected chi connectivity index (χ1v) is 6.11. The van der Waals surface area contributed by atoms with Gasteiger partial charge in [0.2, 0.25) is 11.8 Å². The number of amides is 2. The molecule has 0 unspecified atom stereocenters. The molecule has 0 aliphatic heterocycles. The Kier molecular flexibility index (Phi) is 6.65. The molecule has 0 atom stereocenters. The van der Waals surface area contributed by atoms with Crippen molar-refractivity contribution in [1.29, 1.82) is 0 Å². The summed E-state index contributed by atoms with van der Waals surface area (Å²) in [5.41, 5.74) is -0.806. The van der Waals surface area contributed by atoms with Crippen molar-refractivity contribution in [1.82, 2.24) is 10.2 Å². The molecule has 0 saturated heterocycles.